The van der Waals surface area contributed by atoms with E-state index in [0.717, 1.165) is 5.56 Å². The van der Waals surface area contributed by atoms with Gasteiger partial charge in [0, 0.05) is 26.3 Å². The van der Waals surface area contributed by atoms with Crippen LogP contribution in [0, 0.1) is 5.92 Å². The molecule has 0 aliphatic heterocycles. The quantitative estimate of drug-likeness (QED) is 0.573. The van der Waals surface area contributed by atoms with Crippen molar-refractivity contribution >= 4 is 23.5 Å². The number of carbonyl (C=O) groups excluding carboxylic acids is 3. The van der Waals surface area contributed by atoms with Crippen molar-refractivity contribution in [1.82, 2.24) is 15.5 Å². The lowest BCUT2D eigenvalue weighted by molar-refractivity contribution is -0.127. The Labute approximate surface area is 148 Å². The number of benzene rings is 1. The van der Waals surface area contributed by atoms with E-state index in [-0.39, 0.29) is 36.9 Å². The Morgan fingerprint density at radius 1 is 1.16 bits per heavy atom. The summed E-state index contributed by atoms with van der Waals surface area (Å²) >= 11 is 0. The summed E-state index contributed by atoms with van der Waals surface area (Å²) in [7, 11) is 3.30. The van der Waals surface area contributed by atoms with E-state index < -0.39 is 6.04 Å². The number of nitrogens with two attached hydrogens (primary N) is 1. The molecule has 1 aromatic rings. The van der Waals surface area contributed by atoms with Gasteiger partial charge in [-0.1, -0.05) is 26.0 Å². The lowest BCUT2D eigenvalue weighted by atomic mass is 10.1. The highest BCUT2D eigenvalue weighted by Crippen LogP contribution is 2.11. The van der Waals surface area contributed by atoms with Crippen LogP contribution in [-0.4, -0.2) is 49.4 Å². The van der Waals surface area contributed by atoms with Crippen LogP contribution in [0.25, 0.3) is 0 Å². The van der Waals surface area contributed by atoms with Crippen molar-refractivity contribution in [2.75, 3.05) is 26.0 Å². The molecule has 1 rings (SSSR count). The molecule has 0 saturated heterocycles. The summed E-state index contributed by atoms with van der Waals surface area (Å²) in [6.07, 6.45) is 0. The fourth-order valence-corrected chi connectivity index (χ4v) is 1.85. The van der Waals surface area contributed by atoms with Gasteiger partial charge in [0.15, 0.2) is 0 Å². The van der Waals surface area contributed by atoms with Gasteiger partial charge < -0.3 is 26.6 Å². The Bertz CT molecular complexity index is 616. The average Bonchev–Trinajstić information content (AvgIpc) is 2.57. The van der Waals surface area contributed by atoms with E-state index in [2.05, 4.69) is 16.0 Å². The zero-order valence-electron chi connectivity index (χ0n) is 15.1. The van der Waals surface area contributed by atoms with Crippen LogP contribution in [0.15, 0.2) is 24.3 Å². The molecule has 0 aliphatic carbocycles. The zero-order chi connectivity index (χ0) is 19.0. The number of amides is 4. The second kappa shape index (κ2) is 9.63. The van der Waals surface area contributed by atoms with Gasteiger partial charge in [0.1, 0.15) is 0 Å². The fraction of sp³-hybridized carbons (Fsp3) is 0.471. The van der Waals surface area contributed by atoms with Gasteiger partial charge in [0.25, 0.3) is 0 Å². The largest absolute Gasteiger partial charge is 0.350 e. The van der Waals surface area contributed by atoms with E-state index in [1.54, 1.807) is 32.3 Å². The Morgan fingerprint density at radius 2 is 1.84 bits per heavy atom. The molecule has 8 heteroatoms. The summed E-state index contributed by atoms with van der Waals surface area (Å²) in [6.45, 7) is 3.84. The van der Waals surface area contributed by atoms with Gasteiger partial charge >= 0.3 is 6.03 Å². The molecule has 25 heavy (non-hydrogen) atoms. The topological polar surface area (TPSA) is 117 Å². The monoisotopic (exact) mass is 349 g/mol. The van der Waals surface area contributed by atoms with Gasteiger partial charge in [-0.05, 0) is 23.6 Å². The summed E-state index contributed by atoms with van der Waals surface area (Å²) in [5.41, 5.74) is 7.18. The highest BCUT2D eigenvalue weighted by molar-refractivity contribution is 5.89. The van der Waals surface area contributed by atoms with Crippen molar-refractivity contribution < 1.29 is 14.4 Å². The Hall–Kier alpha value is -2.61. The van der Waals surface area contributed by atoms with Crippen molar-refractivity contribution in [1.29, 1.82) is 0 Å². The van der Waals surface area contributed by atoms with Gasteiger partial charge in [0.2, 0.25) is 11.8 Å². The second-order valence-electron chi connectivity index (χ2n) is 6.29. The Morgan fingerprint density at radius 3 is 2.44 bits per heavy atom. The smallest absolute Gasteiger partial charge is 0.321 e. The van der Waals surface area contributed by atoms with Gasteiger partial charge in [-0.3, -0.25) is 9.59 Å². The number of urea groups is 1. The third-order valence-electron chi connectivity index (χ3n) is 3.52. The van der Waals surface area contributed by atoms with Crippen molar-refractivity contribution in [3.63, 3.8) is 0 Å². The average molecular weight is 349 g/mol. The van der Waals surface area contributed by atoms with E-state index >= 15 is 0 Å². The van der Waals surface area contributed by atoms with E-state index in [0.29, 0.717) is 5.69 Å². The Kier molecular flexibility index (Phi) is 7.87. The molecule has 0 aromatic heterocycles. The van der Waals surface area contributed by atoms with Crippen LogP contribution >= 0.6 is 0 Å². The third-order valence-corrected chi connectivity index (χ3v) is 3.52. The normalized spacial score (nSPS) is 11.6. The van der Waals surface area contributed by atoms with Crippen LogP contribution < -0.4 is 21.7 Å². The minimum Gasteiger partial charge on any atom is -0.350 e. The number of anilines is 1. The molecule has 0 spiro atoms. The molecule has 8 nitrogen and oxygen atoms in total. The minimum atomic E-state index is -0.634. The lowest BCUT2D eigenvalue weighted by Gasteiger charge is -2.15. The fourth-order valence-electron chi connectivity index (χ4n) is 1.85. The molecule has 0 unspecified atom stereocenters. The molecule has 1 aromatic carbocycles. The number of hydrogen-bond acceptors (Lipinski definition) is 4. The van der Waals surface area contributed by atoms with Crippen LogP contribution in [-0.2, 0) is 16.1 Å². The van der Waals surface area contributed by atoms with Crippen molar-refractivity contribution in [2.24, 2.45) is 11.7 Å². The highest BCUT2D eigenvalue weighted by atomic mass is 16.2. The summed E-state index contributed by atoms with van der Waals surface area (Å²) in [4.78, 5) is 36.6. The van der Waals surface area contributed by atoms with Gasteiger partial charge in [-0.25, -0.2) is 4.79 Å². The summed E-state index contributed by atoms with van der Waals surface area (Å²) in [5, 5.41) is 7.96. The van der Waals surface area contributed by atoms with Crippen LogP contribution in [0.2, 0.25) is 0 Å². The van der Waals surface area contributed by atoms with Crippen molar-refractivity contribution in [3.8, 4) is 0 Å². The van der Waals surface area contributed by atoms with Crippen molar-refractivity contribution in [3.05, 3.63) is 29.8 Å². The van der Waals surface area contributed by atoms with Crippen LogP contribution in [0.1, 0.15) is 19.4 Å². The molecule has 5 N–H and O–H groups in total. The van der Waals surface area contributed by atoms with Crippen LogP contribution in [0.4, 0.5) is 10.5 Å². The first-order valence-corrected chi connectivity index (χ1v) is 8.08. The van der Waals surface area contributed by atoms with Gasteiger partial charge in [-0.2, -0.15) is 0 Å². The maximum atomic E-state index is 11.8. The lowest BCUT2D eigenvalue weighted by Crippen LogP contribution is -2.47. The van der Waals surface area contributed by atoms with E-state index in [4.69, 9.17) is 5.73 Å². The number of nitrogens with one attached hydrogen (secondary N) is 3. The maximum absolute atomic E-state index is 11.8. The standard InChI is InChI=1S/C17H27N5O3/c1-11(2)15(18)16(24)20-10-14(23)19-9-12-6-5-7-13(8-12)21-17(25)22(3)4/h5-8,11,15H,9-10,18H2,1-4H3,(H,19,23)(H,20,24)(H,21,25)/t15-/m0/s1. The highest BCUT2D eigenvalue weighted by Gasteiger charge is 2.17. The second-order valence-corrected chi connectivity index (χ2v) is 6.29. The molecular formula is C17H27N5O3. The first-order chi connectivity index (χ1) is 11.7. The molecular weight excluding hydrogens is 322 g/mol. The van der Waals surface area contributed by atoms with E-state index in [1.165, 1.54) is 4.90 Å². The number of nitrogens with zero attached hydrogens (tertiary/aromatic N) is 1. The van der Waals surface area contributed by atoms with E-state index in [9.17, 15) is 14.4 Å². The molecule has 0 heterocycles. The maximum Gasteiger partial charge on any atom is 0.321 e. The van der Waals surface area contributed by atoms with E-state index in [1.807, 2.05) is 19.9 Å². The number of rotatable bonds is 7. The molecule has 0 saturated carbocycles. The van der Waals surface area contributed by atoms with Crippen LogP contribution in [0.5, 0.6) is 0 Å². The Balaban J connectivity index is 2.46. The summed E-state index contributed by atoms with van der Waals surface area (Å²) < 4.78 is 0. The first kappa shape index (κ1) is 20.4. The molecule has 138 valence electrons. The molecule has 4 amide bonds. The molecule has 1 atom stereocenters. The number of carbonyl (C=O) groups is 3. The summed E-state index contributed by atoms with van der Waals surface area (Å²) in [5.74, 6) is -0.659. The molecule has 0 aliphatic rings. The molecule has 0 radical (unpaired) electrons. The zero-order valence-corrected chi connectivity index (χ0v) is 15.1. The van der Waals surface area contributed by atoms with Gasteiger partial charge in [-0.15, -0.1) is 0 Å². The SMILES string of the molecule is CC(C)[C@H](N)C(=O)NCC(=O)NCc1cccc(NC(=O)N(C)C)c1. The predicted octanol–water partition coefficient (Wildman–Crippen LogP) is 0.496. The minimum absolute atomic E-state index is 0.00294. The van der Waals surface area contributed by atoms with Crippen molar-refractivity contribution in [2.45, 2.75) is 26.4 Å². The third kappa shape index (κ3) is 7.21. The summed E-state index contributed by atoms with van der Waals surface area (Å²) in [6, 6.07) is 6.29. The molecule has 0 fully saturated rings. The molecule has 0 bridgehead atoms. The number of hydrogen-bond donors (Lipinski definition) is 4. The van der Waals surface area contributed by atoms with Gasteiger partial charge in [0.05, 0.1) is 12.6 Å². The first-order valence-electron chi connectivity index (χ1n) is 8.08. The predicted molar refractivity (Wildman–Crippen MR) is 96.8 cm³/mol. The van der Waals surface area contributed by atoms with Crippen LogP contribution in [0.3, 0.4) is 0 Å².